The molecule has 8 nitrogen and oxygen atoms in total. The van der Waals surface area contributed by atoms with E-state index in [4.69, 9.17) is 22.1 Å². The molecule has 5 rings (SSSR count). The van der Waals surface area contributed by atoms with Crippen LogP contribution in [0.2, 0.25) is 5.02 Å². The van der Waals surface area contributed by atoms with Crippen molar-refractivity contribution < 1.29 is 9.13 Å². The topological polar surface area (TPSA) is 93.3 Å². The average molecular weight is 528 g/mol. The monoisotopic (exact) mass is 527 g/mol. The van der Waals surface area contributed by atoms with Gasteiger partial charge in [-0.1, -0.05) is 29.8 Å². The van der Waals surface area contributed by atoms with Gasteiger partial charge in [0.2, 0.25) is 11.9 Å². The molecule has 2 N–H and O–H groups in total. The molecule has 37 heavy (non-hydrogen) atoms. The van der Waals surface area contributed by atoms with Gasteiger partial charge in [0.05, 0.1) is 36.4 Å². The van der Waals surface area contributed by atoms with Crippen molar-refractivity contribution in [1.29, 1.82) is 0 Å². The molecule has 10 heteroatoms. The molecule has 1 aromatic carbocycles. The highest BCUT2D eigenvalue weighted by Crippen LogP contribution is 2.25. The van der Waals surface area contributed by atoms with Gasteiger partial charge >= 0.3 is 0 Å². The molecule has 0 radical (unpaired) electrons. The van der Waals surface area contributed by atoms with Crippen LogP contribution in [0, 0.1) is 11.7 Å². The van der Waals surface area contributed by atoms with Gasteiger partial charge in [-0.25, -0.2) is 24.3 Å². The molecule has 198 valence electrons. The predicted molar refractivity (Wildman–Crippen MR) is 145 cm³/mol. The highest BCUT2D eigenvalue weighted by atomic mass is 35.5. The Labute approximate surface area is 223 Å². The van der Waals surface area contributed by atoms with E-state index in [-0.39, 0.29) is 11.9 Å². The van der Waals surface area contributed by atoms with Crippen LogP contribution in [0.3, 0.4) is 0 Å². The lowest BCUT2D eigenvalue weighted by Gasteiger charge is -2.32. The Bertz CT molecular complexity index is 1050. The first-order chi connectivity index (χ1) is 18.1. The molecule has 2 aromatic heterocycles. The van der Waals surface area contributed by atoms with Crippen LogP contribution in [0.1, 0.15) is 38.5 Å². The molecule has 0 spiro atoms. The largest absolute Gasteiger partial charge is 0.490 e. The number of ether oxygens (including phenoxy) is 1. The molecule has 0 bridgehead atoms. The van der Waals surface area contributed by atoms with Crippen molar-refractivity contribution in [2.24, 2.45) is 11.7 Å². The Kier molecular flexibility index (Phi) is 10.3. The van der Waals surface area contributed by atoms with Crippen molar-refractivity contribution in [2.45, 2.75) is 44.6 Å². The lowest BCUT2D eigenvalue weighted by atomic mass is 9.92. The van der Waals surface area contributed by atoms with Crippen LogP contribution in [0.15, 0.2) is 55.1 Å². The Morgan fingerprint density at radius 2 is 1.54 bits per heavy atom. The van der Waals surface area contributed by atoms with Gasteiger partial charge < -0.3 is 20.3 Å². The SMILES string of the molecule is Fc1ccccc1.NC1CCCN(c2ncc(OCCCC3CCN(c4ncc(Cl)cn4)CC3)cn2)C1. The summed E-state index contributed by atoms with van der Waals surface area (Å²) in [6.45, 7) is 4.46. The number of aromatic nitrogens is 4. The Morgan fingerprint density at radius 3 is 2.16 bits per heavy atom. The summed E-state index contributed by atoms with van der Waals surface area (Å²) in [6, 6.07) is 8.15. The molecule has 2 aliphatic rings. The normalized spacial score (nSPS) is 18.2. The zero-order valence-electron chi connectivity index (χ0n) is 21.1. The summed E-state index contributed by atoms with van der Waals surface area (Å²) in [5, 5.41) is 0.573. The predicted octanol–water partition coefficient (Wildman–Crippen LogP) is 4.75. The average Bonchev–Trinajstić information content (AvgIpc) is 2.93. The number of nitrogens with zero attached hydrogens (tertiary/aromatic N) is 6. The fraction of sp³-hybridized carbons (Fsp3) is 0.481. The number of nitrogens with two attached hydrogens (primary N) is 1. The molecule has 2 saturated heterocycles. The van der Waals surface area contributed by atoms with Gasteiger partial charge in [-0.15, -0.1) is 0 Å². The fourth-order valence-electron chi connectivity index (χ4n) is 4.61. The van der Waals surface area contributed by atoms with Crippen LogP contribution in [-0.4, -0.2) is 58.8 Å². The van der Waals surface area contributed by atoms with E-state index in [1.807, 2.05) is 0 Å². The number of benzene rings is 1. The zero-order valence-corrected chi connectivity index (χ0v) is 21.8. The molecule has 0 saturated carbocycles. The molecular weight excluding hydrogens is 493 g/mol. The third-order valence-electron chi connectivity index (χ3n) is 6.62. The minimum atomic E-state index is -0.178. The van der Waals surface area contributed by atoms with E-state index in [9.17, 15) is 4.39 Å². The second-order valence-corrected chi connectivity index (χ2v) is 9.92. The summed E-state index contributed by atoms with van der Waals surface area (Å²) < 4.78 is 17.8. The van der Waals surface area contributed by atoms with Crippen molar-refractivity contribution in [3.63, 3.8) is 0 Å². The fourth-order valence-corrected chi connectivity index (χ4v) is 4.70. The van der Waals surface area contributed by atoms with Crippen molar-refractivity contribution in [3.8, 4) is 5.75 Å². The maximum absolute atomic E-state index is 11.9. The number of rotatable bonds is 7. The van der Waals surface area contributed by atoms with Crippen LogP contribution < -0.4 is 20.3 Å². The van der Waals surface area contributed by atoms with E-state index in [1.54, 1.807) is 43.0 Å². The molecule has 4 heterocycles. The first kappa shape index (κ1) is 27.0. The minimum absolute atomic E-state index is 0.178. The van der Waals surface area contributed by atoms with Crippen LogP contribution in [0.4, 0.5) is 16.3 Å². The third-order valence-corrected chi connectivity index (χ3v) is 6.81. The van der Waals surface area contributed by atoms with Crippen LogP contribution >= 0.6 is 11.6 Å². The molecule has 1 unspecified atom stereocenters. The van der Waals surface area contributed by atoms with Crippen LogP contribution in [-0.2, 0) is 0 Å². The van der Waals surface area contributed by atoms with E-state index in [1.165, 1.54) is 18.6 Å². The van der Waals surface area contributed by atoms with Gasteiger partial charge in [0, 0.05) is 32.2 Å². The van der Waals surface area contributed by atoms with E-state index in [0.717, 1.165) is 81.8 Å². The van der Waals surface area contributed by atoms with E-state index < -0.39 is 0 Å². The highest BCUT2D eigenvalue weighted by Gasteiger charge is 2.21. The first-order valence-corrected chi connectivity index (χ1v) is 13.3. The lowest BCUT2D eigenvalue weighted by Crippen LogP contribution is -2.43. The van der Waals surface area contributed by atoms with Crippen molar-refractivity contribution in [3.05, 3.63) is 66.0 Å². The molecule has 0 aliphatic carbocycles. The molecule has 2 aliphatic heterocycles. The summed E-state index contributed by atoms with van der Waals surface area (Å²) in [5.41, 5.74) is 6.04. The van der Waals surface area contributed by atoms with E-state index >= 15 is 0 Å². The van der Waals surface area contributed by atoms with Gasteiger partial charge in [-0.05, 0) is 56.6 Å². The highest BCUT2D eigenvalue weighted by molar-refractivity contribution is 6.30. The maximum Gasteiger partial charge on any atom is 0.225 e. The van der Waals surface area contributed by atoms with Crippen LogP contribution in [0.25, 0.3) is 0 Å². The first-order valence-electron chi connectivity index (χ1n) is 13.0. The van der Waals surface area contributed by atoms with Gasteiger partial charge in [-0.2, -0.15) is 0 Å². The standard InChI is InChI=1S/C21H30ClN7O.C6H5F/c22-17-11-24-20(25-12-17)28-8-5-16(6-9-28)3-2-10-30-19-13-26-21(27-14-19)29-7-1-4-18(23)15-29;7-6-4-2-1-3-5-6/h11-14,16,18H,1-10,15,23H2;1-5H. The smallest absolute Gasteiger partial charge is 0.225 e. The molecule has 0 amide bonds. The number of halogens is 2. The Morgan fingerprint density at radius 1 is 0.892 bits per heavy atom. The maximum atomic E-state index is 11.9. The number of hydrogen-bond donors (Lipinski definition) is 1. The third kappa shape index (κ3) is 8.79. The summed E-state index contributed by atoms with van der Waals surface area (Å²) in [5.74, 6) is 2.79. The van der Waals surface area contributed by atoms with Crippen molar-refractivity contribution in [1.82, 2.24) is 19.9 Å². The van der Waals surface area contributed by atoms with E-state index in [0.29, 0.717) is 11.6 Å². The van der Waals surface area contributed by atoms with E-state index in [2.05, 4.69) is 29.7 Å². The summed E-state index contributed by atoms with van der Waals surface area (Å²) in [6.07, 6.45) is 13.5. The summed E-state index contributed by atoms with van der Waals surface area (Å²) >= 11 is 5.87. The molecule has 3 aromatic rings. The van der Waals surface area contributed by atoms with Crippen molar-refractivity contribution in [2.75, 3.05) is 42.6 Å². The molecule has 1 atom stereocenters. The second kappa shape index (κ2) is 14.0. The van der Waals surface area contributed by atoms with Crippen molar-refractivity contribution >= 4 is 23.5 Å². The Balaban J connectivity index is 0.000000396. The Hall–Kier alpha value is -3.04. The quantitative estimate of drug-likeness (QED) is 0.440. The van der Waals surface area contributed by atoms with Gasteiger partial charge in [0.25, 0.3) is 0 Å². The second-order valence-electron chi connectivity index (χ2n) is 9.49. The summed E-state index contributed by atoms with van der Waals surface area (Å²) in [4.78, 5) is 21.9. The summed E-state index contributed by atoms with van der Waals surface area (Å²) in [7, 11) is 0. The van der Waals surface area contributed by atoms with Gasteiger partial charge in [0.15, 0.2) is 5.75 Å². The lowest BCUT2D eigenvalue weighted by molar-refractivity contribution is 0.277. The number of piperidine rings is 2. The number of anilines is 2. The minimum Gasteiger partial charge on any atom is -0.490 e. The molecule has 2 fully saturated rings. The number of hydrogen-bond acceptors (Lipinski definition) is 8. The van der Waals surface area contributed by atoms with Gasteiger partial charge in [-0.3, -0.25) is 0 Å². The zero-order chi connectivity index (χ0) is 25.9. The molecular formula is C27H35ClFN7O. The van der Waals surface area contributed by atoms with Crippen LogP contribution in [0.5, 0.6) is 5.75 Å². The van der Waals surface area contributed by atoms with Gasteiger partial charge in [0.1, 0.15) is 5.82 Å².